The zero-order valence-electron chi connectivity index (χ0n) is 14.5. The maximum Gasteiger partial charge on any atom is 0.411 e. The lowest BCUT2D eigenvalue weighted by Crippen LogP contribution is -2.45. The van der Waals surface area contributed by atoms with E-state index in [4.69, 9.17) is 0 Å². The van der Waals surface area contributed by atoms with Crippen molar-refractivity contribution >= 4 is 41.7 Å². The number of carbonyl (C=O) groups is 1. The van der Waals surface area contributed by atoms with E-state index in [0.717, 1.165) is 36.2 Å². The maximum absolute atomic E-state index is 11.2. The van der Waals surface area contributed by atoms with E-state index in [2.05, 4.69) is 32.2 Å². The third-order valence-corrected chi connectivity index (χ3v) is 4.13. The fourth-order valence-electron chi connectivity index (χ4n) is 2.61. The van der Waals surface area contributed by atoms with Gasteiger partial charge in [0.2, 0.25) is 0 Å². The minimum absolute atomic E-state index is 0. The minimum atomic E-state index is -0.462. The van der Waals surface area contributed by atoms with Gasteiger partial charge in [0, 0.05) is 32.4 Å². The van der Waals surface area contributed by atoms with Gasteiger partial charge in [-0.25, -0.2) is 4.79 Å². The Morgan fingerprint density at radius 3 is 2.46 bits per heavy atom. The van der Waals surface area contributed by atoms with E-state index in [0.29, 0.717) is 6.54 Å². The Kier molecular flexibility index (Phi) is 8.88. The summed E-state index contributed by atoms with van der Waals surface area (Å²) in [4.78, 5) is 17.8. The molecule has 1 aromatic rings. The van der Waals surface area contributed by atoms with Gasteiger partial charge in [-0.05, 0) is 36.5 Å². The maximum atomic E-state index is 11.2. The van der Waals surface area contributed by atoms with E-state index in [-0.39, 0.29) is 24.0 Å². The summed E-state index contributed by atoms with van der Waals surface area (Å²) in [5, 5.41) is 6.04. The summed E-state index contributed by atoms with van der Waals surface area (Å²) >= 11 is 0. The largest absolute Gasteiger partial charge is 0.453 e. The van der Waals surface area contributed by atoms with Crippen molar-refractivity contribution in [3.63, 3.8) is 0 Å². The van der Waals surface area contributed by atoms with E-state index < -0.39 is 6.09 Å². The number of benzene rings is 1. The number of guanidine groups is 1. The first kappa shape index (κ1) is 20.5. The number of halogens is 1. The molecule has 1 aromatic carbocycles. The number of likely N-dealkylation sites (tertiary alicyclic amines) is 1. The van der Waals surface area contributed by atoms with Crippen LogP contribution in [0.2, 0.25) is 0 Å². The van der Waals surface area contributed by atoms with Gasteiger partial charge in [0.25, 0.3) is 0 Å². The van der Waals surface area contributed by atoms with Crippen molar-refractivity contribution in [1.82, 2.24) is 10.2 Å². The second-order valence-corrected chi connectivity index (χ2v) is 5.88. The Balaban J connectivity index is 0.00000288. The zero-order valence-corrected chi connectivity index (χ0v) is 16.9. The average molecular weight is 446 g/mol. The molecule has 1 aliphatic heterocycles. The number of ether oxygens (including phenoxy) is 1. The average Bonchev–Trinajstić information content (AvgIpc) is 2.58. The van der Waals surface area contributed by atoms with Crippen LogP contribution in [0.3, 0.4) is 0 Å². The Morgan fingerprint density at radius 1 is 1.29 bits per heavy atom. The van der Waals surface area contributed by atoms with Crippen LogP contribution in [0.1, 0.15) is 25.3 Å². The van der Waals surface area contributed by atoms with Crippen molar-refractivity contribution in [1.29, 1.82) is 0 Å². The second-order valence-electron chi connectivity index (χ2n) is 5.88. The quantitative estimate of drug-likeness (QED) is 0.425. The molecule has 0 bridgehead atoms. The van der Waals surface area contributed by atoms with Gasteiger partial charge in [0.1, 0.15) is 0 Å². The third kappa shape index (κ3) is 6.18. The van der Waals surface area contributed by atoms with Crippen LogP contribution in [-0.2, 0) is 11.3 Å². The summed E-state index contributed by atoms with van der Waals surface area (Å²) in [5.74, 6) is 1.76. The van der Waals surface area contributed by atoms with E-state index in [9.17, 15) is 4.79 Å². The van der Waals surface area contributed by atoms with Crippen molar-refractivity contribution in [2.24, 2.45) is 10.9 Å². The van der Waals surface area contributed by atoms with Crippen LogP contribution in [-0.4, -0.2) is 44.2 Å². The molecule has 2 N–H and O–H groups in total. The Bertz CT molecular complexity index is 540. The molecule has 134 valence electrons. The molecule has 1 saturated heterocycles. The van der Waals surface area contributed by atoms with Crippen molar-refractivity contribution in [2.45, 2.75) is 26.3 Å². The number of carbonyl (C=O) groups excluding carboxylic acids is 1. The van der Waals surface area contributed by atoms with Gasteiger partial charge in [-0.15, -0.1) is 24.0 Å². The normalized spacial score (nSPS) is 15.5. The fraction of sp³-hybridized carbons (Fsp3) is 0.529. The molecule has 1 heterocycles. The van der Waals surface area contributed by atoms with E-state index >= 15 is 0 Å². The van der Waals surface area contributed by atoms with Gasteiger partial charge in [-0.2, -0.15) is 0 Å². The molecule has 0 saturated carbocycles. The molecule has 1 aliphatic rings. The van der Waals surface area contributed by atoms with Crippen LogP contribution in [0.4, 0.5) is 10.5 Å². The highest BCUT2D eigenvalue weighted by Gasteiger charge is 2.18. The van der Waals surface area contributed by atoms with E-state index in [1.807, 2.05) is 31.3 Å². The number of rotatable bonds is 3. The van der Waals surface area contributed by atoms with Crippen molar-refractivity contribution < 1.29 is 9.53 Å². The van der Waals surface area contributed by atoms with Gasteiger partial charge >= 0.3 is 6.09 Å². The van der Waals surface area contributed by atoms with Crippen molar-refractivity contribution in [2.75, 3.05) is 32.6 Å². The Labute approximate surface area is 161 Å². The predicted molar refractivity (Wildman–Crippen MR) is 108 cm³/mol. The lowest BCUT2D eigenvalue weighted by molar-refractivity contribution is 0.187. The topological polar surface area (TPSA) is 66.0 Å². The zero-order chi connectivity index (χ0) is 16.7. The summed E-state index contributed by atoms with van der Waals surface area (Å²) in [7, 11) is 3.17. The third-order valence-electron chi connectivity index (χ3n) is 4.13. The molecule has 0 radical (unpaired) electrons. The fourth-order valence-corrected chi connectivity index (χ4v) is 2.61. The van der Waals surface area contributed by atoms with E-state index in [1.54, 1.807) is 0 Å². The first-order valence-electron chi connectivity index (χ1n) is 8.02. The number of nitrogens with one attached hydrogen (secondary N) is 2. The van der Waals surface area contributed by atoms with Gasteiger partial charge < -0.3 is 15.0 Å². The van der Waals surface area contributed by atoms with Crippen LogP contribution < -0.4 is 10.6 Å². The predicted octanol–water partition coefficient (Wildman–Crippen LogP) is 3.29. The SMILES string of the molecule is CN=C(NCc1ccc(NC(=O)OC)cc1)N1CCC(C)CC1.I. The molecule has 2 rings (SSSR count). The minimum Gasteiger partial charge on any atom is -0.453 e. The molecular weight excluding hydrogens is 419 g/mol. The molecule has 1 amide bonds. The van der Waals surface area contributed by atoms with Crippen LogP contribution >= 0.6 is 24.0 Å². The summed E-state index contributed by atoms with van der Waals surface area (Å²) < 4.78 is 4.57. The van der Waals surface area contributed by atoms with E-state index in [1.165, 1.54) is 20.0 Å². The van der Waals surface area contributed by atoms with Gasteiger partial charge in [0.15, 0.2) is 5.96 Å². The summed E-state index contributed by atoms with van der Waals surface area (Å²) in [5.41, 5.74) is 1.85. The number of aliphatic imine (C=N–C) groups is 1. The highest BCUT2D eigenvalue weighted by Crippen LogP contribution is 2.16. The highest BCUT2D eigenvalue weighted by molar-refractivity contribution is 14.0. The molecule has 0 unspecified atom stereocenters. The molecule has 0 aliphatic carbocycles. The number of nitrogens with zero attached hydrogens (tertiary/aromatic N) is 2. The van der Waals surface area contributed by atoms with Crippen LogP contribution in [0.25, 0.3) is 0 Å². The lowest BCUT2D eigenvalue weighted by Gasteiger charge is -2.32. The number of piperidine rings is 1. The Morgan fingerprint density at radius 2 is 1.92 bits per heavy atom. The van der Waals surface area contributed by atoms with Gasteiger partial charge in [-0.3, -0.25) is 10.3 Å². The first-order valence-corrected chi connectivity index (χ1v) is 8.02. The van der Waals surface area contributed by atoms with Gasteiger partial charge in [-0.1, -0.05) is 19.1 Å². The molecule has 1 fully saturated rings. The monoisotopic (exact) mass is 446 g/mol. The highest BCUT2D eigenvalue weighted by atomic mass is 127. The number of amides is 1. The molecular formula is C17H27IN4O2. The standard InChI is InChI=1S/C17H26N4O2.HI/c1-13-8-10-21(11-9-13)16(18-2)19-12-14-4-6-15(7-5-14)20-17(22)23-3;/h4-7,13H,8-12H2,1-3H3,(H,18,19)(H,20,22);1H. The number of methoxy groups -OCH3 is 1. The van der Waals surface area contributed by atoms with Gasteiger partial charge in [0.05, 0.1) is 7.11 Å². The molecule has 7 heteroatoms. The summed E-state index contributed by atoms with van der Waals surface area (Å²) in [6, 6.07) is 7.67. The smallest absolute Gasteiger partial charge is 0.411 e. The van der Waals surface area contributed by atoms with Crippen molar-refractivity contribution in [3.8, 4) is 0 Å². The summed E-state index contributed by atoms with van der Waals surface area (Å²) in [6.07, 6.45) is 1.97. The molecule has 0 atom stereocenters. The number of anilines is 1. The van der Waals surface area contributed by atoms with Crippen LogP contribution in [0.15, 0.2) is 29.3 Å². The second kappa shape index (κ2) is 10.4. The summed E-state index contributed by atoms with van der Waals surface area (Å²) in [6.45, 7) is 5.13. The Hall–Kier alpha value is -1.51. The molecule has 24 heavy (non-hydrogen) atoms. The van der Waals surface area contributed by atoms with Crippen LogP contribution in [0, 0.1) is 5.92 Å². The first-order chi connectivity index (χ1) is 11.1. The molecule has 6 nitrogen and oxygen atoms in total. The molecule has 0 aromatic heterocycles. The van der Waals surface area contributed by atoms with Crippen LogP contribution in [0.5, 0.6) is 0 Å². The van der Waals surface area contributed by atoms with Crippen molar-refractivity contribution in [3.05, 3.63) is 29.8 Å². The number of hydrogen-bond donors (Lipinski definition) is 2. The molecule has 0 spiro atoms. The lowest BCUT2D eigenvalue weighted by atomic mass is 10.00. The number of hydrogen-bond acceptors (Lipinski definition) is 3.